The van der Waals surface area contributed by atoms with E-state index in [1.807, 2.05) is 0 Å². The Bertz CT molecular complexity index is 58.3. The Balaban J connectivity index is -0.0000000133. The summed E-state index contributed by atoms with van der Waals surface area (Å²) in [5, 5.41) is 0. The third-order valence-corrected chi connectivity index (χ3v) is 0. The summed E-state index contributed by atoms with van der Waals surface area (Å²) >= 11 is 0. The van der Waals surface area contributed by atoms with Crippen molar-refractivity contribution in [3.05, 3.63) is 0 Å². The van der Waals surface area contributed by atoms with E-state index >= 15 is 0 Å². The summed E-state index contributed by atoms with van der Waals surface area (Å²) in [6.45, 7) is 0. The Morgan fingerprint density at radius 2 is 0.889 bits per heavy atom. The molecule has 0 aliphatic carbocycles. The van der Waals surface area contributed by atoms with Gasteiger partial charge >= 0.3 is 7.82 Å². The van der Waals surface area contributed by atoms with Crippen molar-refractivity contribution in [3.8, 4) is 0 Å². The molecule has 0 saturated carbocycles. The monoisotopic (exact) mass is 233 g/mol. The summed E-state index contributed by atoms with van der Waals surface area (Å²) in [6.07, 6.45) is 0. The summed E-state index contributed by atoms with van der Waals surface area (Å²) in [7, 11) is -4.64. The van der Waals surface area contributed by atoms with Gasteiger partial charge in [0, 0.05) is 154 Å². The van der Waals surface area contributed by atoms with Crippen LogP contribution < -0.4 is 0 Å². The molecule has 0 aliphatic heterocycles. The van der Waals surface area contributed by atoms with E-state index in [9.17, 15) is 0 Å². The number of hydrogen-bond acceptors (Lipinski definition) is 1. The normalized spacial score (nSPS) is 6.56. The van der Waals surface area contributed by atoms with Crippen molar-refractivity contribution in [2.45, 2.75) is 0 Å². The topological polar surface area (TPSA) is 109 Å². The molecule has 0 aromatic heterocycles. The van der Waals surface area contributed by atoms with E-state index in [1.165, 1.54) is 0 Å². The Hall–Kier alpha value is 4.98. The predicted octanol–water partition coefficient (Wildman–Crippen LogP) is -2.90. The van der Waals surface area contributed by atoms with E-state index in [-0.39, 0.29) is 160 Å². The average molecular weight is 233 g/mol. The summed E-state index contributed by atoms with van der Waals surface area (Å²) in [6, 6.07) is 0. The molecule has 5 nitrogen and oxygen atoms in total. The van der Waals surface area contributed by atoms with E-state index in [0.29, 0.717) is 0 Å². The molecule has 0 amide bonds. The first-order valence-corrected chi connectivity index (χ1v) is 2.35. The maximum atomic E-state index is 8.88. The van der Waals surface area contributed by atoms with Gasteiger partial charge in [0.2, 0.25) is 0 Å². The van der Waals surface area contributed by atoms with Gasteiger partial charge in [-0.2, -0.15) is 0 Å². The third-order valence-electron chi connectivity index (χ3n) is 0. The Kier molecular flexibility index (Phi) is 50.1. The molecule has 0 rings (SSSR count). The quantitative estimate of drug-likeness (QED) is 0.308. The largest absolute Gasteiger partial charge is 0.466 e. The number of rotatable bonds is 0. The van der Waals surface area contributed by atoms with Gasteiger partial charge in [-0.3, -0.25) is 0 Å². The summed E-state index contributed by atoms with van der Waals surface area (Å²) in [4.78, 5) is 21.6. The third kappa shape index (κ3) is 63.1. The van der Waals surface area contributed by atoms with Gasteiger partial charge in [0.1, 0.15) is 0 Å². The first-order valence-electron chi connectivity index (χ1n) is 0.783. The van der Waals surface area contributed by atoms with Gasteiger partial charge in [-0.05, 0) is 0 Å². The molecule has 0 unspecified atom stereocenters. The van der Waals surface area contributed by atoms with Crippen LogP contribution in [0.3, 0.4) is 0 Å². The van der Waals surface area contributed by atoms with Crippen LogP contribution in [0.4, 0.5) is 0 Å². The zero-order valence-electron chi connectivity index (χ0n) is 5.70. The molecule has 0 saturated heterocycles. The van der Waals surface area contributed by atoms with Crippen LogP contribution in [0, 0.1) is 0 Å². The van der Waals surface area contributed by atoms with Crippen molar-refractivity contribution in [3.63, 3.8) is 0 Å². The maximum absolute atomic E-state index is 8.88. The van der Waals surface area contributed by atoms with E-state index in [2.05, 4.69) is 0 Å². The second kappa shape index (κ2) is 15.5. The second-order valence-corrected chi connectivity index (χ2v) is 1.54. The van der Waals surface area contributed by atoms with Gasteiger partial charge in [-0.15, -0.1) is 0 Å². The Labute approximate surface area is 181 Å². The average Bonchev–Trinajstić information content (AvgIpc) is 0.722. The minimum Gasteiger partial charge on any atom is -0.412 e. The van der Waals surface area contributed by atoms with Gasteiger partial charge in [-0.1, -0.05) is 0 Å². The fourth-order valence-corrected chi connectivity index (χ4v) is 0. The fraction of sp³-hybridized carbons (Fsp3) is 0. The van der Waals surface area contributed by atoms with E-state index < -0.39 is 7.82 Å². The Morgan fingerprint density at radius 3 is 0.889 bits per heavy atom. The van der Waals surface area contributed by atoms with Crippen LogP contribution in [0.2, 0.25) is 0 Å². The SMILES string of the molecule is O.O=P(O)(O)O.[K].[K].[K]. The first kappa shape index (κ1) is 29.2. The van der Waals surface area contributed by atoms with Gasteiger partial charge in [0.05, 0.1) is 0 Å². The van der Waals surface area contributed by atoms with Crippen molar-refractivity contribution in [2.75, 3.05) is 0 Å². The smallest absolute Gasteiger partial charge is 0.412 e. The molecular formula is H5K3O5P. The first-order chi connectivity index (χ1) is 2.00. The van der Waals surface area contributed by atoms with Crippen molar-refractivity contribution in [2.24, 2.45) is 0 Å². The Morgan fingerprint density at radius 1 is 0.889 bits per heavy atom. The molecule has 43 valence electrons. The molecule has 0 heterocycles. The second-order valence-electron chi connectivity index (χ2n) is 0.513. The molecule has 5 N–H and O–H groups in total. The molecule has 0 aromatic carbocycles. The van der Waals surface area contributed by atoms with Crippen LogP contribution in [0.25, 0.3) is 0 Å². The summed E-state index contributed by atoms with van der Waals surface area (Å²) in [5.74, 6) is 0. The summed E-state index contributed by atoms with van der Waals surface area (Å²) in [5.41, 5.74) is 0. The molecule has 0 fully saturated rings. The van der Waals surface area contributed by atoms with Crippen molar-refractivity contribution < 1.29 is 24.7 Å². The fourth-order valence-electron chi connectivity index (χ4n) is 0. The molecular weight excluding hydrogens is 228 g/mol. The number of hydrogen-bond donors (Lipinski definition) is 3. The van der Waals surface area contributed by atoms with Crippen LogP contribution >= 0.6 is 7.82 Å². The predicted molar refractivity (Wildman–Crippen MR) is 35.1 cm³/mol. The minimum absolute atomic E-state index is 0. The molecule has 0 atom stereocenters. The van der Waals surface area contributed by atoms with Gasteiger partial charge in [-0.25, -0.2) is 4.57 Å². The van der Waals surface area contributed by atoms with Crippen molar-refractivity contribution >= 4 is 162 Å². The maximum Gasteiger partial charge on any atom is 0.466 e. The zero-order chi connectivity index (χ0) is 4.50. The van der Waals surface area contributed by atoms with Gasteiger partial charge in [0.15, 0.2) is 0 Å². The number of phosphoric acid groups is 1. The molecule has 9 heteroatoms. The van der Waals surface area contributed by atoms with E-state index in [4.69, 9.17) is 19.2 Å². The molecule has 0 spiro atoms. The molecule has 0 aromatic rings. The van der Waals surface area contributed by atoms with E-state index in [0.717, 1.165) is 0 Å². The van der Waals surface area contributed by atoms with Gasteiger partial charge < -0.3 is 20.2 Å². The van der Waals surface area contributed by atoms with Gasteiger partial charge in [0.25, 0.3) is 0 Å². The van der Waals surface area contributed by atoms with Crippen LogP contribution in [-0.2, 0) is 4.57 Å². The molecule has 9 heavy (non-hydrogen) atoms. The molecule has 3 radical (unpaired) electrons. The van der Waals surface area contributed by atoms with Crippen molar-refractivity contribution in [1.82, 2.24) is 0 Å². The molecule has 0 bridgehead atoms. The van der Waals surface area contributed by atoms with Crippen LogP contribution in [0.15, 0.2) is 0 Å². The molecule has 0 aliphatic rings. The minimum atomic E-state index is -4.64. The van der Waals surface area contributed by atoms with Crippen LogP contribution in [0.5, 0.6) is 0 Å². The van der Waals surface area contributed by atoms with Crippen LogP contribution in [0.1, 0.15) is 0 Å². The standard InChI is InChI=1S/3K.H3O4P.H2O/c;;;1-5(2,3)4;/h;;;(H3,1,2,3,4);1H2. The van der Waals surface area contributed by atoms with E-state index in [1.54, 1.807) is 0 Å². The van der Waals surface area contributed by atoms with Crippen LogP contribution in [-0.4, -0.2) is 174 Å². The zero-order valence-corrected chi connectivity index (χ0v) is 16.0. The van der Waals surface area contributed by atoms with Crippen molar-refractivity contribution in [1.29, 1.82) is 0 Å². The summed E-state index contributed by atoms with van der Waals surface area (Å²) < 4.78 is 8.88.